The average molecular weight is 416 g/mol. The fourth-order valence-electron chi connectivity index (χ4n) is 3.18. The van der Waals surface area contributed by atoms with Crippen LogP contribution in [-0.4, -0.2) is 5.97 Å². The lowest BCUT2D eigenvalue weighted by Gasteiger charge is -2.14. The van der Waals surface area contributed by atoms with Gasteiger partial charge in [0.1, 0.15) is 5.75 Å². The van der Waals surface area contributed by atoms with E-state index in [1.165, 1.54) is 0 Å². The van der Waals surface area contributed by atoms with Gasteiger partial charge >= 0.3 is 5.97 Å². The molecule has 0 unspecified atom stereocenters. The monoisotopic (exact) mass is 414 g/mol. The second-order valence-electron chi connectivity index (χ2n) is 6.23. The molecule has 0 saturated heterocycles. The van der Waals surface area contributed by atoms with Crippen LogP contribution in [-0.2, 0) is 0 Å². The molecule has 0 spiro atoms. The lowest BCUT2D eigenvalue weighted by Crippen LogP contribution is -2.11. The molecule has 4 aromatic carbocycles. The Bertz CT molecular complexity index is 1220. The second-order valence-corrected chi connectivity index (χ2v) is 7.48. The highest BCUT2D eigenvalue weighted by Crippen LogP contribution is 2.41. The Kier molecular flexibility index (Phi) is 4.73. The number of fused-ring (bicyclic) bond motifs is 2. The number of hydrogen-bond donors (Lipinski definition) is 0. The number of esters is 1. The van der Waals surface area contributed by atoms with Gasteiger partial charge in [-0.1, -0.05) is 59.1 Å². The van der Waals surface area contributed by atoms with E-state index >= 15 is 0 Å². The van der Waals surface area contributed by atoms with Crippen molar-refractivity contribution in [1.82, 2.24) is 0 Å². The van der Waals surface area contributed by atoms with E-state index in [-0.39, 0.29) is 0 Å². The van der Waals surface area contributed by atoms with Crippen LogP contribution < -0.4 is 4.74 Å². The fraction of sp³-hybridized carbons (Fsp3) is 0.0455. The number of hydrogen-bond acceptors (Lipinski definition) is 2. The van der Waals surface area contributed by atoms with Gasteiger partial charge in [0.2, 0.25) is 0 Å². The molecular formula is C22H13Cl3O2. The Morgan fingerprint density at radius 2 is 1.59 bits per heavy atom. The van der Waals surface area contributed by atoms with E-state index in [9.17, 15) is 4.79 Å². The molecule has 27 heavy (non-hydrogen) atoms. The summed E-state index contributed by atoms with van der Waals surface area (Å²) < 4.78 is 5.86. The van der Waals surface area contributed by atoms with E-state index < -0.39 is 5.97 Å². The van der Waals surface area contributed by atoms with Crippen molar-refractivity contribution >= 4 is 62.3 Å². The van der Waals surface area contributed by atoms with Gasteiger partial charge in [0.25, 0.3) is 0 Å². The smallest absolute Gasteiger partial charge is 0.343 e. The first kappa shape index (κ1) is 18.1. The molecule has 0 aliphatic rings. The van der Waals surface area contributed by atoms with E-state index in [1.54, 1.807) is 30.3 Å². The van der Waals surface area contributed by atoms with Crippen molar-refractivity contribution in [2.75, 3.05) is 0 Å². The van der Waals surface area contributed by atoms with Gasteiger partial charge in [-0.15, -0.1) is 0 Å². The van der Waals surface area contributed by atoms with Crippen LogP contribution in [0, 0.1) is 6.92 Å². The first-order chi connectivity index (χ1) is 13.0. The van der Waals surface area contributed by atoms with Crippen LogP contribution in [0.25, 0.3) is 21.5 Å². The maximum absolute atomic E-state index is 12.9. The van der Waals surface area contributed by atoms with Crippen LogP contribution >= 0.6 is 34.8 Å². The van der Waals surface area contributed by atoms with Gasteiger partial charge < -0.3 is 4.74 Å². The first-order valence-electron chi connectivity index (χ1n) is 8.23. The van der Waals surface area contributed by atoms with Crippen molar-refractivity contribution in [2.45, 2.75) is 6.92 Å². The Morgan fingerprint density at radius 3 is 2.37 bits per heavy atom. The summed E-state index contributed by atoms with van der Waals surface area (Å²) in [4.78, 5) is 12.9. The molecule has 4 rings (SSSR count). The number of ether oxygens (including phenoxy) is 1. The van der Waals surface area contributed by atoms with Crippen LogP contribution in [0.15, 0.2) is 60.7 Å². The highest BCUT2D eigenvalue weighted by Gasteiger charge is 2.18. The maximum Gasteiger partial charge on any atom is 0.343 e. The fourth-order valence-corrected chi connectivity index (χ4v) is 3.91. The lowest BCUT2D eigenvalue weighted by molar-refractivity contribution is 0.0738. The quantitative estimate of drug-likeness (QED) is 0.193. The van der Waals surface area contributed by atoms with Gasteiger partial charge in [-0.2, -0.15) is 0 Å². The predicted octanol–water partition coefficient (Wildman–Crippen LogP) is 7.48. The third kappa shape index (κ3) is 3.25. The molecule has 0 atom stereocenters. The summed E-state index contributed by atoms with van der Waals surface area (Å²) in [7, 11) is 0. The molecule has 0 bridgehead atoms. The minimum atomic E-state index is -0.474. The predicted molar refractivity (Wildman–Crippen MR) is 113 cm³/mol. The summed E-state index contributed by atoms with van der Waals surface area (Å²) in [6, 6.07) is 18.0. The Morgan fingerprint density at radius 1 is 0.852 bits per heavy atom. The van der Waals surface area contributed by atoms with Gasteiger partial charge in [0.15, 0.2) is 0 Å². The zero-order valence-electron chi connectivity index (χ0n) is 14.2. The third-order valence-corrected chi connectivity index (χ3v) is 5.35. The van der Waals surface area contributed by atoms with Crippen molar-refractivity contribution in [3.63, 3.8) is 0 Å². The van der Waals surface area contributed by atoms with E-state index in [0.717, 1.165) is 21.7 Å². The SMILES string of the molecule is Cc1cc(Cl)ccc1C(=O)Oc1c2cccc(Cl)c2cc2cccc(Cl)c12. The number of benzene rings is 4. The molecule has 0 N–H and O–H groups in total. The van der Waals surface area contributed by atoms with Gasteiger partial charge in [-0.05, 0) is 54.3 Å². The summed E-state index contributed by atoms with van der Waals surface area (Å²) in [6.45, 7) is 1.81. The summed E-state index contributed by atoms with van der Waals surface area (Å²) in [5.74, 6) is -0.0761. The number of rotatable bonds is 2. The molecular weight excluding hydrogens is 403 g/mol. The second kappa shape index (κ2) is 7.05. The number of carbonyl (C=O) groups is 1. The van der Waals surface area contributed by atoms with E-state index in [2.05, 4.69) is 0 Å². The number of carbonyl (C=O) groups excluding carboxylic acids is 1. The summed E-state index contributed by atoms with van der Waals surface area (Å²) >= 11 is 18.8. The lowest BCUT2D eigenvalue weighted by atomic mass is 10.0. The minimum Gasteiger partial charge on any atom is -0.422 e. The molecule has 134 valence electrons. The highest BCUT2D eigenvalue weighted by atomic mass is 35.5. The Balaban J connectivity index is 1.96. The summed E-state index contributed by atoms with van der Waals surface area (Å²) in [6.07, 6.45) is 0. The van der Waals surface area contributed by atoms with Crippen LogP contribution in [0.3, 0.4) is 0 Å². The molecule has 0 radical (unpaired) electrons. The number of halogens is 3. The highest BCUT2D eigenvalue weighted by molar-refractivity contribution is 6.39. The van der Waals surface area contributed by atoms with Gasteiger partial charge in [-0.3, -0.25) is 0 Å². The number of aryl methyl sites for hydroxylation is 1. The third-order valence-electron chi connectivity index (χ3n) is 4.47. The van der Waals surface area contributed by atoms with Gasteiger partial charge in [-0.25, -0.2) is 4.79 Å². The first-order valence-corrected chi connectivity index (χ1v) is 9.37. The van der Waals surface area contributed by atoms with Crippen LogP contribution in [0.5, 0.6) is 5.75 Å². The molecule has 0 fully saturated rings. The molecule has 0 saturated carbocycles. The van der Waals surface area contributed by atoms with Crippen molar-refractivity contribution < 1.29 is 9.53 Å². The maximum atomic E-state index is 12.9. The molecule has 0 amide bonds. The Hall–Kier alpha value is -2.26. The molecule has 0 aromatic heterocycles. The van der Waals surface area contributed by atoms with E-state index in [1.807, 2.05) is 37.3 Å². The Labute approximate surface area is 171 Å². The molecule has 0 aliphatic heterocycles. The summed E-state index contributed by atoms with van der Waals surface area (Å²) in [5.41, 5.74) is 1.18. The van der Waals surface area contributed by atoms with Crippen molar-refractivity contribution in [1.29, 1.82) is 0 Å². The minimum absolute atomic E-state index is 0.398. The normalized spacial score (nSPS) is 11.1. The van der Waals surface area contributed by atoms with Gasteiger partial charge in [0.05, 0.1) is 10.6 Å². The average Bonchev–Trinajstić information content (AvgIpc) is 2.62. The van der Waals surface area contributed by atoms with Crippen molar-refractivity contribution in [3.8, 4) is 5.75 Å². The standard InChI is InChI=1S/C22H13Cl3O2/c1-12-10-14(23)8-9-15(12)22(26)27-21-16-5-3-6-18(24)17(16)11-13-4-2-7-19(25)20(13)21/h2-11H,1H3. The van der Waals surface area contributed by atoms with Crippen LogP contribution in [0.1, 0.15) is 15.9 Å². The summed E-state index contributed by atoms with van der Waals surface area (Å²) in [5, 5.41) is 4.69. The molecule has 2 nitrogen and oxygen atoms in total. The van der Waals surface area contributed by atoms with E-state index in [4.69, 9.17) is 39.5 Å². The molecule has 5 heteroatoms. The van der Waals surface area contributed by atoms with Crippen molar-refractivity contribution in [3.05, 3.63) is 86.9 Å². The van der Waals surface area contributed by atoms with Crippen LogP contribution in [0.2, 0.25) is 15.1 Å². The van der Waals surface area contributed by atoms with Crippen molar-refractivity contribution in [2.24, 2.45) is 0 Å². The zero-order chi connectivity index (χ0) is 19.1. The molecule has 0 aliphatic carbocycles. The van der Waals surface area contributed by atoms with Crippen LogP contribution in [0.4, 0.5) is 0 Å². The molecule has 0 heterocycles. The molecule has 4 aromatic rings. The largest absolute Gasteiger partial charge is 0.422 e. The topological polar surface area (TPSA) is 26.3 Å². The van der Waals surface area contributed by atoms with Gasteiger partial charge in [0, 0.05) is 26.2 Å². The van der Waals surface area contributed by atoms with E-state index in [0.29, 0.717) is 31.8 Å². The zero-order valence-corrected chi connectivity index (χ0v) is 16.5.